The van der Waals surface area contributed by atoms with Crippen LogP contribution in [0.2, 0.25) is 0 Å². The highest BCUT2D eigenvalue weighted by Crippen LogP contribution is 2.46. The third-order valence-electron chi connectivity index (χ3n) is 4.80. The number of benzene rings is 1. The lowest BCUT2D eigenvalue weighted by molar-refractivity contribution is -0.145. The van der Waals surface area contributed by atoms with Crippen LogP contribution in [0.4, 0.5) is 5.69 Å². The van der Waals surface area contributed by atoms with E-state index in [1.165, 1.54) is 0 Å². The van der Waals surface area contributed by atoms with E-state index in [1.54, 1.807) is 11.8 Å². The number of carbonyl (C=O) groups is 2. The van der Waals surface area contributed by atoms with Crippen molar-refractivity contribution in [3.05, 3.63) is 30.3 Å². The van der Waals surface area contributed by atoms with Gasteiger partial charge in [0, 0.05) is 19.2 Å². The molecule has 4 nitrogen and oxygen atoms in total. The van der Waals surface area contributed by atoms with Crippen molar-refractivity contribution >= 4 is 17.6 Å². The van der Waals surface area contributed by atoms with Gasteiger partial charge in [0.25, 0.3) is 0 Å². The summed E-state index contributed by atoms with van der Waals surface area (Å²) >= 11 is 0. The van der Waals surface area contributed by atoms with Crippen molar-refractivity contribution in [2.24, 2.45) is 11.3 Å². The minimum atomic E-state index is -0.489. The standard InChI is InChI=1S/C18H25NO3/c1-4-22-16(20)13-14-9-8-12-18(14,2)17(21)19(3)15-10-6-5-7-11-15/h5-7,10-11,14H,4,8-9,12-13H2,1-3H3/t14-,18+/m1/s1. The molecule has 1 fully saturated rings. The molecule has 0 saturated heterocycles. The van der Waals surface area contributed by atoms with Crippen LogP contribution in [0.5, 0.6) is 0 Å². The van der Waals surface area contributed by atoms with Crippen LogP contribution in [0.3, 0.4) is 0 Å². The van der Waals surface area contributed by atoms with Crippen molar-refractivity contribution in [2.45, 2.75) is 39.5 Å². The molecule has 22 heavy (non-hydrogen) atoms. The number of hydrogen-bond acceptors (Lipinski definition) is 3. The second-order valence-corrected chi connectivity index (χ2v) is 6.22. The molecular weight excluding hydrogens is 278 g/mol. The van der Waals surface area contributed by atoms with Crippen molar-refractivity contribution in [1.82, 2.24) is 0 Å². The first-order valence-corrected chi connectivity index (χ1v) is 7.98. The molecule has 1 aliphatic carbocycles. The van der Waals surface area contributed by atoms with Crippen LogP contribution >= 0.6 is 0 Å². The molecule has 0 aliphatic heterocycles. The van der Waals surface area contributed by atoms with E-state index in [0.717, 1.165) is 24.9 Å². The van der Waals surface area contributed by atoms with Crippen molar-refractivity contribution in [3.8, 4) is 0 Å². The highest BCUT2D eigenvalue weighted by atomic mass is 16.5. The van der Waals surface area contributed by atoms with Gasteiger partial charge in [-0.3, -0.25) is 9.59 Å². The van der Waals surface area contributed by atoms with Crippen LogP contribution in [0, 0.1) is 11.3 Å². The molecule has 0 unspecified atom stereocenters. The predicted molar refractivity (Wildman–Crippen MR) is 86.6 cm³/mol. The Morgan fingerprint density at radius 2 is 2.00 bits per heavy atom. The van der Waals surface area contributed by atoms with Crippen LogP contribution in [0.1, 0.15) is 39.5 Å². The zero-order valence-corrected chi connectivity index (χ0v) is 13.7. The smallest absolute Gasteiger partial charge is 0.306 e. The maximum Gasteiger partial charge on any atom is 0.306 e. The van der Waals surface area contributed by atoms with Gasteiger partial charge in [-0.2, -0.15) is 0 Å². The van der Waals surface area contributed by atoms with E-state index in [2.05, 4.69) is 0 Å². The average Bonchev–Trinajstić information content (AvgIpc) is 2.89. The molecule has 0 aromatic heterocycles. The first kappa shape index (κ1) is 16.5. The number of ether oxygens (including phenoxy) is 1. The van der Waals surface area contributed by atoms with Gasteiger partial charge in [-0.25, -0.2) is 0 Å². The van der Waals surface area contributed by atoms with Crippen molar-refractivity contribution in [3.63, 3.8) is 0 Å². The average molecular weight is 303 g/mol. The Morgan fingerprint density at radius 3 is 2.64 bits per heavy atom. The molecule has 4 heteroatoms. The molecule has 1 aliphatic rings. The van der Waals surface area contributed by atoms with Crippen molar-refractivity contribution in [2.75, 3.05) is 18.6 Å². The topological polar surface area (TPSA) is 46.6 Å². The first-order chi connectivity index (χ1) is 10.5. The number of hydrogen-bond donors (Lipinski definition) is 0. The van der Waals surface area contributed by atoms with Gasteiger partial charge in [-0.1, -0.05) is 31.5 Å². The van der Waals surface area contributed by atoms with E-state index < -0.39 is 5.41 Å². The summed E-state index contributed by atoms with van der Waals surface area (Å²) < 4.78 is 5.06. The molecular formula is C18H25NO3. The highest BCUT2D eigenvalue weighted by molar-refractivity contribution is 5.97. The molecule has 2 atom stereocenters. The SMILES string of the molecule is CCOC(=O)C[C@H]1CCC[C@]1(C)C(=O)N(C)c1ccccc1. The molecule has 120 valence electrons. The van der Waals surface area contributed by atoms with Crippen LogP contribution in [-0.4, -0.2) is 25.5 Å². The molecule has 1 amide bonds. The lowest BCUT2D eigenvalue weighted by atomic mass is 9.76. The minimum Gasteiger partial charge on any atom is -0.466 e. The first-order valence-electron chi connectivity index (χ1n) is 7.98. The van der Waals surface area contributed by atoms with E-state index in [9.17, 15) is 9.59 Å². The molecule has 1 aromatic rings. The van der Waals surface area contributed by atoms with Crippen LogP contribution in [0.25, 0.3) is 0 Å². The van der Waals surface area contributed by atoms with E-state index in [0.29, 0.717) is 13.0 Å². The van der Waals surface area contributed by atoms with Crippen molar-refractivity contribution < 1.29 is 14.3 Å². The fourth-order valence-electron chi connectivity index (χ4n) is 3.42. The lowest BCUT2D eigenvalue weighted by Gasteiger charge is -2.34. The van der Waals surface area contributed by atoms with E-state index >= 15 is 0 Å². The van der Waals surface area contributed by atoms with Gasteiger partial charge in [0.15, 0.2) is 0 Å². The monoisotopic (exact) mass is 303 g/mol. The molecule has 0 bridgehead atoms. The fourth-order valence-corrected chi connectivity index (χ4v) is 3.42. The third kappa shape index (κ3) is 3.32. The second kappa shape index (κ2) is 6.95. The van der Waals surface area contributed by atoms with E-state index in [4.69, 9.17) is 4.74 Å². The van der Waals surface area contributed by atoms with Crippen LogP contribution in [0.15, 0.2) is 30.3 Å². The highest BCUT2D eigenvalue weighted by Gasteiger charge is 2.47. The Labute approximate surface area is 132 Å². The zero-order valence-electron chi connectivity index (χ0n) is 13.7. The molecule has 0 heterocycles. The van der Waals surface area contributed by atoms with Gasteiger partial charge < -0.3 is 9.64 Å². The Kier molecular flexibility index (Phi) is 5.22. The summed E-state index contributed by atoms with van der Waals surface area (Å²) in [4.78, 5) is 26.5. The number of nitrogens with zero attached hydrogens (tertiary/aromatic N) is 1. The predicted octanol–water partition coefficient (Wildman–Crippen LogP) is 3.41. The summed E-state index contributed by atoms with van der Waals surface area (Å²) in [6.07, 6.45) is 3.05. The zero-order chi connectivity index (χ0) is 16.2. The molecule has 1 aromatic carbocycles. The largest absolute Gasteiger partial charge is 0.466 e. The van der Waals surface area contributed by atoms with Crippen LogP contribution < -0.4 is 4.90 Å². The molecule has 2 rings (SSSR count). The number of anilines is 1. The third-order valence-corrected chi connectivity index (χ3v) is 4.80. The Hall–Kier alpha value is -1.84. The lowest BCUT2D eigenvalue weighted by Crippen LogP contribution is -2.43. The molecule has 1 saturated carbocycles. The molecule has 0 radical (unpaired) electrons. The number of amides is 1. The fraction of sp³-hybridized carbons (Fsp3) is 0.556. The summed E-state index contributed by atoms with van der Waals surface area (Å²) in [6, 6.07) is 9.63. The minimum absolute atomic E-state index is 0.0604. The summed E-state index contributed by atoms with van der Waals surface area (Å²) in [5, 5.41) is 0. The summed E-state index contributed by atoms with van der Waals surface area (Å²) in [7, 11) is 1.81. The van der Waals surface area contributed by atoms with E-state index in [1.807, 2.05) is 44.3 Å². The number of carbonyl (C=O) groups excluding carboxylic acids is 2. The Balaban J connectivity index is 2.13. The van der Waals surface area contributed by atoms with Gasteiger partial charge in [0.2, 0.25) is 5.91 Å². The maximum absolute atomic E-state index is 13.0. The quantitative estimate of drug-likeness (QED) is 0.783. The summed E-state index contributed by atoms with van der Waals surface area (Å²) in [5.41, 5.74) is 0.396. The second-order valence-electron chi connectivity index (χ2n) is 6.22. The number of para-hydroxylation sites is 1. The van der Waals surface area contributed by atoms with Gasteiger partial charge in [0.05, 0.1) is 12.0 Å². The van der Waals surface area contributed by atoms with E-state index in [-0.39, 0.29) is 17.8 Å². The normalized spacial score (nSPS) is 24.0. The number of rotatable bonds is 5. The van der Waals surface area contributed by atoms with Crippen molar-refractivity contribution in [1.29, 1.82) is 0 Å². The summed E-state index contributed by atoms with van der Waals surface area (Å²) in [6.45, 7) is 4.19. The summed E-state index contributed by atoms with van der Waals surface area (Å²) in [5.74, 6) is -0.0495. The molecule has 0 N–H and O–H groups in total. The maximum atomic E-state index is 13.0. The Bertz CT molecular complexity index is 528. The number of esters is 1. The van der Waals surface area contributed by atoms with Gasteiger partial charge in [0.1, 0.15) is 0 Å². The molecule has 0 spiro atoms. The van der Waals surface area contributed by atoms with Gasteiger partial charge in [-0.05, 0) is 37.8 Å². The Morgan fingerprint density at radius 1 is 1.32 bits per heavy atom. The van der Waals surface area contributed by atoms with Gasteiger partial charge >= 0.3 is 5.97 Å². The van der Waals surface area contributed by atoms with Crippen LogP contribution in [-0.2, 0) is 14.3 Å². The van der Waals surface area contributed by atoms with Gasteiger partial charge in [-0.15, -0.1) is 0 Å².